The van der Waals surface area contributed by atoms with Crippen LogP contribution in [0, 0.1) is 12.7 Å². The van der Waals surface area contributed by atoms with Crippen LogP contribution in [0.5, 0.6) is 0 Å². The standard InChI is InChI=1S/C25H28FN5O/c1-18-27-28-24-9-8-22(17-31(18)24)20-5-3-6-21(15-20)25(32)30-12-10-29(11-13-30)16-19-4-2-7-23(26)14-19/h2-7,14-15,22H,8-13,16-17H2,1H3/t22-/m0/s1. The van der Waals surface area contributed by atoms with Crippen molar-refractivity contribution >= 4 is 5.91 Å². The second-order valence-electron chi connectivity index (χ2n) is 8.83. The van der Waals surface area contributed by atoms with Crippen LogP contribution in [-0.2, 0) is 19.5 Å². The number of carbonyl (C=O) groups is 1. The van der Waals surface area contributed by atoms with Crippen molar-refractivity contribution in [2.75, 3.05) is 26.2 Å². The van der Waals surface area contributed by atoms with Crippen LogP contribution in [0.25, 0.3) is 0 Å². The second kappa shape index (κ2) is 8.82. The fraction of sp³-hybridized carbons (Fsp3) is 0.400. The van der Waals surface area contributed by atoms with Crippen LogP contribution in [0.4, 0.5) is 4.39 Å². The van der Waals surface area contributed by atoms with Crippen LogP contribution in [0.3, 0.4) is 0 Å². The van der Waals surface area contributed by atoms with E-state index in [9.17, 15) is 9.18 Å². The van der Waals surface area contributed by atoms with Gasteiger partial charge in [-0.25, -0.2) is 4.39 Å². The van der Waals surface area contributed by atoms with Gasteiger partial charge in [-0.05, 0) is 48.7 Å². The van der Waals surface area contributed by atoms with Gasteiger partial charge in [0, 0.05) is 57.2 Å². The molecule has 0 spiro atoms. The predicted octanol–water partition coefficient (Wildman–Crippen LogP) is 3.41. The molecule has 0 saturated carbocycles. The van der Waals surface area contributed by atoms with Crippen LogP contribution in [0.15, 0.2) is 48.5 Å². The van der Waals surface area contributed by atoms with E-state index < -0.39 is 0 Å². The molecule has 0 aliphatic carbocycles. The summed E-state index contributed by atoms with van der Waals surface area (Å²) in [5, 5.41) is 8.46. The Morgan fingerprint density at radius 2 is 1.88 bits per heavy atom. The van der Waals surface area contributed by atoms with Crippen molar-refractivity contribution in [3.63, 3.8) is 0 Å². The molecule has 0 radical (unpaired) electrons. The summed E-state index contributed by atoms with van der Waals surface area (Å²) in [6, 6.07) is 14.9. The van der Waals surface area contributed by atoms with Gasteiger partial charge in [-0.3, -0.25) is 9.69 Å². The number of nitrogens with zero attached hydrogens (tertiary/aromatic N) is 5. The van der Waals surface area contributed by atoms with Crippen molar-refractivity contribution in [1.82, 2.24) is 24.6 Å². The lowest BCUT2D eigenvalue weighted by Crippen LogP contribution is -2.48. The summed E-state index contributed by atoms with van der Waals surface area (Å²) in [5.41, 5.74) is 2.93. The number of benzene rings is 2. The Balaban J connectivity index is 1.22. The van der Waals surface area contributed by atoms with E-state index in [1.807, 2.05) is 30.0 Å². The molecular weight excluding hydrogens is 405 g/mol. The highest BCUT2D eigenvalue weighted by Gasteiger charge is 2.25. The Kier molecular flexibility index (Phi) is 5.74. The minimum absolute atomic E-state index is 0.0919. The van der Waals surface area contributed by atoms with E-state index in [-0.39, 0.29) is 11.7 Å². The smallest absolute Gasteiger partial charge is 0.253 e. The zero-order valence-corrected chi connectivity index (χ0v) is 18.4. The van der Waals surface area contributed by atoms with Crippen molar-refractivity contribution in [2.24, 2.45) is 0 Å². The molecule has 1 saturated heterocycles. The van der Waals surface area contributed by atoms with Gasteiger partial charge in [0.15, 0.2) is 0 Å². The van der Waals surface area contributed by atoms with Crippen LogP contribution < -0.4 is 0 Å². The molecule has 3 aromatic rings. The van der Waals surface area contributed by atoms with Crippen LogP contribution in [0.2, 0.25) is 0 Å². The first-order valence-corrected chi connectivity index (χ1v) is 11.3. The Morgan fingerprint density at radius 3 is 2.69 bits per heavy atom. The van der Waals surface area contributed by atoms with Gasteiger partial charge in [0.1, 0.15) is 17.5 Å². The molecule has 0 N–H and O–H groups in total. The molecule has 1 amide bonds. The summed E-state index contributed by atoms with van der Waals surface area (Å²) < 4.78 is 15.6. The number of hydrogen-bond donors (Lipinski definition) is 0. The van der Waals surface area contributed by atoms with Gasteiger partial charge in [-0.2, -0.15) is 0 Å². The minimum atomic E-state index is -0.204. The molecule has 0 unspecified atom stereocenters. The van der Waals surface area contributed by atoms with Gasteiger partial charge >= 0.3 is 0 Å². The normalized spacial score (nSPS) is 19.1. The monoisotopic (exact) mass is 433 g/mol. The number of aromatic nitrogens is 3. The van der Waals surface area contributed by atoms with Crippen molar-refractivity contribution in [1.29, 1.82) is 0 Å². The van der Waals surface area contributed by atoms with Gasteiger partial charge in [0.2, 0.25) is 0 Å². The third kappa shape index (κ3) is 4.30. The zero-order valence-electron chi connectivity index (χ0n) is 18.4. The fourth-order valence-electron chi connectivity index (χ4n) is 4.85. The number of hydrogen-bond acceptors (Lipinski definition) is 4. The van der Waals surface area contributed by atoms with E-state index in [1.54, 1.807) is 12.1 Å². The maximum absolute atomic E-state index is 13.4. The van der Waals surface area contributed by atoms with Gasteiger partial charge in [0.05, 0.1) is 0 Å². The highest BCUT2D eigenvalue weighted by Crippen LogP contribution is 2.29. The molecule has 2 aromatic carbocycles. The van der Waals surface area contributed by atoms with Crippen molar-refractivity contribution in [3.8, 4) is 0 Å². The third-order valence-corrected chi connectivity index (χ3v) is 6.69. The molecule has 2 aliphatic heterocycles. The van der Waals surface area contributed by atoms with E-state index in [0.717, 1.165) is 55.3 Å². The van der Waals surface area contributed by atoms with Crippen molar-refractivity contribution < 1.29 is 9.18 Å². The summed E-state index contributed by atoms with van der Waals surface area (Å²) >= 11 is 0. The summed E-state index contributed by atoms with van der Waals surface area (Å²) in [4.78, 5) is 17.4. The largest absolute Gasteiger partial charge is 0.336 e. The number of amides is 1. The summed E-state index contributed by atoms with van der Waals surface area (Å²) in [7, 11) is 0. The molecule has 1 fully saturated rings. The molecule has 1 aromatic heterocycles. The first kappa shape index (κ1) is 20.8. The molecular formula is C25H28FN5O. The maximum atomic E-state index is 13.4. The summed E-state index contributed by atoms with van der Waals surface area (Å²) in [6.07, 6.45) is 1.94. The van der Waals surface area contributed by atoms with Crippen molar-refractivity contribution in [3.05, 3.63) is 82.7 Å². The fourth-order valence-corrected chi connectivity index (χ4v) is 4.85. The molecule has 32 heavy (non-hydrogen) atoms. The van der Waals surface area contributed by atoms with Crippen molar-refractivity contribution in [2.45, 2.75) is 38.8 Å². The van der Waals surface area contributed by atoms with Gasteiger partial charge in [-0.1, -0.05) is 24.3 Å². The van der Waals surface area contributed by atoms with E-state index in [2.05, 4.69) is 31.8 Å². The molecule has 7 heteroatoms. The topological polar surface area (TPSA) is 54.3 Å². The average Bonchev–Trinajstić information content (AvgIpc) is 3.19. The summed E-state index contributed by atoms with van der Waals surface area (Å²) in [6.45, 7) is 6.52. The van der Waals surface area contributed by atoms with E-state index in [0.29, 0.717) is 25.6 Å². The molecule has 5 rings (SSSR count). The Morgan fingerprint density at radius 1 is 1.06 bits per heavy atom. The van der Waals surface area contributed by atoms with Crippen LogP contribution in [0.1, 0.15) is 45.5 Å². The van der Waals surface area contributed by atoms with Gasteiger partial charge in [0.25, 0.3) is 5.91 Å². The number of aryl methyl sites for hydroxylation is 2. The highest BCUT2D eigenvalue weighted by molar-refractivity contribution is 5.94. The molecule has 3 heterocycles. The maximum Gasteiger partial charge on any atom is 0.253 e. The van der Waals surface area contributed by atoms with Gasteiger partial charge < -0.3 is 9.47 Å². The SMILES string of the molecule is Cc1nnc2n1C[C@@H](c1cccc(C(=O)N3CCN(Cc4cccc(F)c4)CC3)c1)CC2. The molecule has 6 nitrogen and oxygen atoms in total. The number of rotatable bonds is 4. The first-order chi connectivity index (χ1) is 15.6. The number of piperazine rings is 1. The lowest BCUT2D eigenvalue weighted by Gasteiger charge is -2.35. The summed E-state index contributed by atoms with van der Waals surface area (Å²) in [5.74, 6) is 2.27. The average molecular weight is 434 g/mol. The Labute approximate surface area is 187 Å². The van der Waals surface area contributed by atoms with Crippen LogP contribution in [-0.4, -0.2) is 56.7 Å². The lowest BCUT2D eigenvalue weighted by atomic mass is 9.90. The number of halogens is 1. The predicted molar refractivity (Wildman–Crippen MR) is 120 cm³/mol. The van der Waals surface area contributed by atoms with E-state index in [1.165, 1.54) is 11.6 Å². The van der Waals surface area contributed by atoms with E-state index >= 15 is 0 Å². The molecule has 166 valence electrons. The number of carbonyl (C=O) groups excluding carboxylic acids is 1. The molecule has 2 aliphatic rings. The van der Waals surface area contributed by atoms with Crippen LogP contribution >= 0.6 is 0 Å². The Hall–Kier alpha value is -3.06. The number of fused-ring (bicyclic) bond motifs is 1. The molecule has 0 bridgehead atoms. The first-order valence-electron chi connectivity index (χ1n) is 11.3. The lowest BCUT2D eigenvalue weighted by molar-refractivity contribution is 0.0628. The Bertz CT molecular complexity index is 1120. The molecule has 1 atom stereocenters. The highest BCUT2D eigenvalue weighted by atomic mass is 19.1. The van der Waals surface area contributed by atoms with E-state index in [4.69, 9.17) is 0 Å². The van der Waals surface area contributed by atoms with Gasteiger partial charge in [-0.15, -0.1) is 10.2 Å². The zero-order chi connectivity index (χ0) is 22.1. The second-order valence-corrected chi connectivity index (χ2v) is 8.83. The minimum Gasteiger partial charge on any atom is -0.336 e. The third-order valence-electron chi connectivity index (χ3n) is 6.69. The quantitative estimate of drug-likeness (QED) is 0.633.